The van der Waals surface area contributed by atoms with Crippen LogP contribution in [0.5, 0.6) is 5.75 Å². The number of aromatic nitrogens is 1. The molecule has 0 amide bonds. The summed E-state index contributed by atoms with van der Waals surface area (Å²) >= 11 is 3.33. The first-order valence-corrected chi connectivity index (χ1v) is 6.97. The number of methoxy groups -OCH3 is 1. The normalized spacial score (nSPS) is 9.47. The molecule has 0 saturated heterocycles. The standard InChI is InChI=1S/C12H11BrN2O.C3H8/c1-16-10-4-2-3-8(5-10)12-11(14)6-9(13)7-15-12;1-3-2/h2-7H,14H2,1H3;3H2,1-2H3. The third-order valence-electron chi connectivity index (χ3n) is 2.23. The van der Waals surface area contributed by atoms with Crippen molar-refractivity contribution in [3.8, 4) is 17.0 Å². The molecule has 2 aromatic rings. The molecule has 0 aliphatic rings. The molecule has 0 fully saturated rings. The highest BCUT2D eigenvalue weighted by Crippen LogP contribution is 2.28. The van der Waals surface area contributed by atoms with E-state index in [2.05, 4.69) is 34.8 Å². The molecule has 0 atom stereocenters. The monoisotopic (exact) mass is 322 g/mol. The fourth-order valence-electron chi connectivity index (χ4n) is 1.47. The van der Waals surface area contributed by atoms with Crippen LogP contribution in [0.25, 0.3) is 11.3 Å². The SMILES string of the molecule is CCC.COc1cccc(-c2ncc(Br)cc2N)c1. The fourth-order valence-corrected chi connectivity index (χ4v) is 1.82. The van der Waals surface area contributed by atoms with Crippen LogP contribution in [0.15, 0.2) is 41.0 Å². The van der Waals surface area contributed by atoms with Gasteiger partial charge in [-0.05, 0) is 34.1 Å². The molecule has 19 heavy (non-hydrogen) atoms. The van der Waals surface area contributed by atoms with E-state index in [1.807, 2.05) is 30.3 Å². The van der Waals surface area contributed by atoms with Crippen LogP contribution in [-0.2, 0) is 0 Å². The largest absolute Gasteiger partial charge is 0.497 e. The van der Waals surface area contributed by atoms with E-state index >= 15 is 0 Å². The Morgan fingerprint density at radius 2 is 1.95 bits per heavy atom. The molecule has 0 radical (unpaired) electrons. The minimum absolute atomic E-state index is 0.641. The van der Waals surface area contributed by atoms with Crippen molar-refractivity contribution in [1.29, 1.82) is 0 Å². The van der Waals surface area contributed by atoms with Gasteiger partial charge < -0.3 is 10.5 Å². The van der Waals surface area contributed by atoms with Crippen LogP contribution in [0, 0.1) is 0 Å². The molecule has 1 aromatic heterocycles. The van der Waals surface area contributed by atoms with Gasteiger partial charge in [0, 0.05) is 16.2 Å². The van der Waals surface area contributed by atoms with E-state index in [9.17, 15) is 0 Å². The molecular weight excluding hydrogens is 304 g/mol. The maximum absolute atomic E-state index is 5.91. The Hall–Kier alpha value is -1.55. The molecule has 1 aromatic carbocycles. The molecular formula is C15H19BrN2O. The van der Waals surface area contributed by atoms with Crippen LogP contribution in [-0.4, -0.2) is 12.1 Å². The number of hydrogen-bond donors (Lipinski definition) is 1. The molecule has 3 nitrogen and oxygen atoms in total. The minimum Gasteiger partial charge on any atom is -0.497 e. The quantitative estimate of drug-likeness (QED) is 0.884. The number of hydrogen-bond acceptors (Lipinski definition) is 3. The van der Waals surface area contributed by atoms with Crippen molar-refractivity contribution in [2.24, 2.45) is 0 Å². The molecule has 1 heterocycles. The van der Waals surface area contributed by atoms with Gasteiger partial charge in [-0.3, -0.25) is 4.98 Å². The lowest BCUT2D eigenvalue weighted by molar-refractivity contribution is 0.415. The van der Waals surface area contributed by atoms with Crippen molar-refractivity contribution in [3.05, 3.63) is 41.0 Å². The number of halogens is 1. The second-order valence-corrected chi connectivity index (χ2v) is 4.95. The average Bonchev–Trinajstić information content (AvgIpc) is 2.39. The number of nitrogen functional groups attached to an aromatic ring is 1. The molecule has 0 spiro atoms. The predicted octanol–water partition coefficient (Wildman–Crippen LogP) is 4.52. The van der Waals surface area contributed by atoms with E-state index in [-0.39, 0.29) is 0 Å². The number of benzene rings is 1. The first-order chi connectivity index (χ1) is 9.12. The van der Waals surface area contributed by atoms with E-state index in [0.717, 1.165) is 21.5 Å². The molecule has 0 unspecified atom stereocenters. The summed E-state index contributed by atoms with van der Waals surface area (Å²) in [5.41, 5.74) is 8.27. The van der Waals surface area contributed by atoms with Gasteiger partial charge in [-0.1, -0.05) is 32.4 Å². The van der Waals surface area contributed by atoms with Crippen molar-refractivity contribution in [2.75, 3.05) is 12.8 Å². The van der Waals surface area contributed by atoms with Gasteiger partial charge in [0.2, 0.25) is 0 Å². The van der Waals surface area contributed by atoms with Crippen LogP contribution in [0.4, 0.5) is 5.69 Å². The summed E-state index contributed by atoms with van der Waals surface area (Å²) in [4.78, 5) is 4.30. The van der Waals surface area contributed by atoms with E-state index in [1.54, 1.807) is 13.3 Å². The highest BCUT2D eigenvalue weighted by molar-refractivity contribution is 9.10. The zero-order valence-electron chi connectivity index (χ0n) is 11.5. The number of nitrogens with zero attached hydrogens (tertiary/aromatic N) is 1. The van der Waals surface area contributed by atoms with E-state index in [4.69, 9.17) is 10.5 Å². The Bertz CT molecular complexity index is 529. The molecule has 2 N–H and O–H groups in total. The number of pyridine rings is 1. The topological polar surface area (TPSA) is 48.1 Å². The molecule has 0 aliphatic carbocycles. The Balaban J connectivity index is 0.000000550. The number of ether oxygens (including phenoxy) is 1. The number of rotatable bonds is 2. The van der Waals surface area contributed by atoms with Crippen molar-refractivity contribution < 1.29 is 4.74 Å². The van der Waals surface area contributed by atoms with Crippen LogP contribution in [0.3, 0.4) is 0 Å². The zero-order chi connectivity index (χ0) is 14.3. The summed E-state index contributed by atoms with van der Waals surface area (Å²) in [5.74, 6) is 0.793. The molecule has 4 heteroatoms. The van der Waals surface area contributed by atoms with Gasteiger partial charge in [-0.2, -0.15) is 0 Å². The molecule has 102 valence electrons. The third-order valence-corrected chi connectivity index (χ3v) is 2.66. The molecule has 0 aliphatic heterocycles. The summed E-state index contributed by atoms with van der Waals surface area (Å²) in [5, 5.41) is 0. The van der Waals surface area contributed by atoms with Crippen LogP contribution in [0.2, 0.25) is 0 Å². The highest BCUT2D eigenvalue weighted by atomic mass is 79.9. The van der Waals surface area contributed by atoms with Crippen molar-refractivity contribution >= 4 is 21.6 Å². The van der Waals surface area contributed by atoms with E-state index in [0.29, 0.717) is 5.69 Å². The van der Waals surface area contributed by atoms with Gasteiger partial charge in [-0.15, -0.1) is 0 Å². The van der Waals surface area contributed by atoms with E-state index < -0.39 is 0 Å². The average molecular weight is 323 g/mol. The summed E-state index contributed by atoms with van der Waals surface area (Å²) in [6.07, 6.45) is 2.98. The Labute approximate surface area is 122 Å². The molecule has 2 rings (SSSR count). The lowest BCUT2D eigenvalue weighted by atomic mass is 10.1. The Kier molecular flexibility index (Phi) is 6.36. The van der Waals surface area contributed by atoms with Gasteiger partial charge in [0.05, 0.1) is 18.5 Å². The second-order valence-electron chi connectivity index (χ2n) is 4.03. The number of anilines is 1. The zero-order valence-corrected chi connectivity index (χ0v) is 13.1. The van der Waals surface area contributed by atoms with Gasteiger partial charge in [-0.25, -0.2) is 0 Å². The fraction of sp³-hybridized carbons (Fsp3) is 0.267. The van der Waals surface area contributed by atoms with Crippen LogP contribution < -0.4 is 10.5 Å². The smallest absolute Gasteiger partial charge is 0.119 e. The summed E-state index contributed by atoms with van der Waals surface area (Å²) in [7, 11) is 1.64. The first-order valence-electron chi connectivity index (χ1n) is 6.17. The highest BCUT2D eigenvalue weighted by Gasteiger charge is 2.05. The molecule has 0 saturated carbocycles. The minimum atomic E-state index is 0.641. The Morgan fingerprint density at radius 3 is 2.53 bits per heavy atom. The van der Waals surface area contributed by atoms with Gasteiger partial charge in [0.1, 0.15) is 5.75 Å². The van der Waals surface area contributed by atoms with Gasteiger partial charge >= 0.3 is 0 Å². The van der Waals surface area contributed by atoms with Gasteiger partial charge in [0.15, 0.2) is 0 Å². The van der Waals surface area contributed by atoms with Crippen LogP contribution >= 0.6 is 15.9 Å². The van der Waals surface area contributed by atoms with Crippen molar-refractivity contribution in [1.82, 2.24) is 4.98 Å². The predicted molar refractivity (Wildman–Crippen MR) is 84.3 cm³/mol. The van der Waals surface area contributed by atoms with Gasteiger partial charge in [0.25, 0.3) is 0 Å². The van der Waals surface area contributed by atoms with Crippen molar-refractivity contribution in [2.45, 2.75) is 20.3 Å². The molecule has 0 bridgehead atoms. The summed E-state index contributed by atoms with van der Waals surface area (Å²) in [6, 6.07) is 9.50. The Morgan fingerprint density at radius 1 is 1.26 bits per heavy atom. The second kappa shape index (κ2) is 7.79. The maximum atomic E-state index is 5.91. The summed E-state index contributed by atoms with van der Waals surface area (Å²) in [6.45, 7) is 4.25. The number of nitrogens with two attached hydrogens (primary N) is 1. The lowest BCUT2D eigenvalue weighted by Gasteiger charge is -2.06. The summed E-state index contributed by atoms with van der Waals surface area (Å²) < 4.78 is 6.03. The van der Waals surface area contributed by atoms with Crippen LogP contribution in [0.1, 0.15) is 20.3 Å². The maximum Gasteiger partial charge on any atom is 0.119 e. The van der Waals surface area contributed by atoms with E-state index in [1.165, 1.54) is 6.42 Å². The third kappa shape index (κ3) is 4.56. The van der Waals surface area contributed by atoms with Crippen molar-refractivity contribution in [3.63, 3.8) is 0 Å². The lowest BCUT2D eigenvalue weighted by Crippen LogP contribution is -1.93. The first kappa shape index (κ1) is 15.5.